The summed E-state index contributed by atoms with van der Waals surface area (Å²) in [6.07, 6.45) is 1.95. The molecule has 0 spiro atoms. The maximum absolute atomic E-state index is 11.0. The fraction of sp³-hybridized carbons (Fsp3) is 0.143. The van der Waals surface area contributed by atoms with Crippen LogP contribution >= 0.6 is 24.0 Å². The number of sulfone groups is 1. The Balaban J connectivity index is 0.00000196. The molecule has 8 heteroatoms. The van der Waals surface area contributed by atoms with Crippen LogP contribution in [0.2, 0.25) is 5.02 Å². The van der Waals surface area contributed by atoms with Crippen LogP contribution in [0.25, 0.3) is 0 Å². The van der Waals surface area contributed by atoms with Gasteiger partial charge in [-0.1, -0.05) is 11.6 Å². The van der Waals surface area contributed by atoms with E-state index in [1.165, 1.54) is 0 Å². The second kappa shape index (κ2) is 4.78. The Morgan fingerprint density at radius 2 is 2.07 bits per heavy atom. The zero-order chi connectivity index (χ0) is 10.9. The number of carboxylic acid groups (broad SMARTS) is 1. The van der Waals surface area contributed by atoms with Crippen molar-refractivity contribution in [3.8, 4) is 0 Å². The van der Waals surface area contributed by atoms with Gasteiger partial charge in [-0.2, -0.15) is 0 Å². The molecule has 1 aromatic heterocycles. The summed E-state index contributed by atoms with van der Waals surface area (Å²) in [7, 11) is -3.41. The van der Waals surface area contributed by atoms with E-state index in [1.807, 2.05) is 0 Å². The Hall–Kier alpha value is -0.850. The first-order chi connectivity index (χ1) is 6.32. The third kappa shape index (κ3) is 3.33. The molecule has 0 atom stereocenters. The summed E-state index contributed by atoms with van der Waals surface area (Å²) in [5.41, 5.74) is -0.362. The van der Waals surface area contributed by atoms with E-state index in [9.17, 15) is 13.2 Å². The highest BCUT2D eigenvalue weighted by molar-refractivity contribution is 7.90. The van der Waals surface area contributed by atoms with Gasteiger partial charge >= 0.3 is 5.97 Å². The molecule has 0 saturated heterocycles. The molecule has 0 saturated carbocycles. The minimum Gasteiger partial charge on any atom is -0.476 e. The van der Waals surface area contributed by atoms with Gasteiger partial charge in [0.2, 0.25) is 0 Å². The van der Waals surface area contributed by atoms with Crippen LogP contribution in [0.1, 0.15) is 10.5 Å². The summed E-state index contributed by atoms with van der Waals surface area (Å²) < 4.78 is 22.0. The highest BCUT2D eigenvalue weighted by Crippen LogP contribution is 2.18. The number of rotatable bonds is 2. The van der Waals surface area contributed by atoms with Crippen LogP contribution < -0.4 is 0 Å². The van der Waals surface area contributed by atoms with Gasteiger partial charge in [0.15, 0.2) is 15.5 Å². The molecule has 5 nitrogen and oxygen atoms in total. The second-order valence-corrected chi connectivity index (χ2v) is 5.00. The number of hydrogen-bond donors (Lipinski definition) is 1. The molecule has 0 aliphatic heterocycles. The molecule has 0 unspecified atom stereocenters. The Morgan fingerprint density at radius 3 is 2.40 bits per heavy atom. The summed E-state index contributed by atoms with van der Waals surface area (Å²) in [5.74, 6) is -1.30. The number of halogens is 2. The number of carbonyl (C=O) groups is 1. The van der Waals surface area contributed by atoms with Crippen LogP contribution in [0.15, 0.2) is 17.2 Å². The fourth-order valence-electron chi connectivity index (χ4n) is 0.781. The molecule has 1 rings (SSSR count). The quantitative estimate of drug-likeness (QED) is 0.876. The lowest BCUT2D eigenvalue weighted by Gasteiger charge is -2.00. The van der Waals surface area contributed by atoms with E-state index in [4.69, 9.17) is 16.7 Å². The van der Waals surface area contributed by atoms with E-state index in [2.05, 4.69) is 4.98 Å². The van der Waals surface area contributed by atoms with Gasteiger partial charge in [-0.25, -0.2) is 18.2 Å². The normalized spacial score (nSPS) is 10.5. The molecule has 1 heterocycles. The summed E-state index contributed by atoms with van der Waals surface area (Å²) in [5, 5.41) is 8.37. The number of pyridine rings is 1. The second-order valence-electron chi connectivity index (χ2n) is 2.58. The van der Waals surface area contributed by atoms with Crippen LogP contribution in [0.5, 0.6) is 0 Å². The van der Waals surface area contributed by atoms with Crippen molar-refractivity contribution >= 4 is 39.8 Å². The molecular formula is C7H7Cl2NO4S. The molecule has 15 heavy (non-hydrogen) atoms. The van der Waals surface area contributed by atoms with Crippen molar-refractivity contribution in [3.05, 3.63) is 23.0 Å². The molecule has 84 valence electrons. The Morgan fingerprint density at radius 1 is 1.53 bits per heavy atom. The van der Waals surface area contributed by atoms with E-state index in [0.717, 1.165) is 18.5 Å². The van der Waals surface area contributed by atoms with Crippen molar-refractivity contribution in [1.82, 2.24) is 4.98 Å². The average Bonchev–Trinajstić information content (AvgIpc) is 2.01. The zero-order valence-corrected chi connectivity index (χ0v) is 9.86. The van der Waals surface area contributed by atoms with Crippen LogP contribution in [0.3, 0.4) is 0 Å². The van der Waals surface area contributed by atoms with Gasteiger partial charge in [0.05, 0.1) is 9.92 Å². The number of carboxylic acids is 1. The van der Waals surface area contributed by atoms with Crippen molar-refractivity contribution in [2.45, 2.75) is 4.90 Å². The third-order valence-electron chi connectivity index (χ3n) is 1.45. The van der Waals surface area contributed by atoms with Gasteiger partial charge in [-0.3, -0.25) is 0 Å². The standard InChI is InChI=1S/C7H6ClNO4S.ClH/c1-14(12,13)4-2-5(8)6(7(10)11)9-3-4;/h2-3H,1H3,(H,10,11);1H. The minimum absolute atomic E-state index is 0. The third-order valence-corrected chi connectivity index (χ3v) is 2.81. The van der Waals surface area contributed by atoms with Gasteiger partial charge in [0.1, 0.15) is 0 Å². The predicted octanol–water partition coefficient (Wildman–Crippen LogP) is 1.26. The molecule has 1 N–H and O–H groups in total. The van der Waals surface area contributed by atoms with Gasteiger partial charge in [-0.05, 0) is 6.07 Å². The molecule has 0 radical (unpaired) electrons. The zero-order valence-electron chi connectivity index (χ0n) is 7.47. The first-order valence-corrected chi connectivity index (χ1v) is 5.68. The molecule has 0 aliphatic rings. The predicted molar refractivity (Wildman–Crippen MR) is 56.6 cm³/mol. The van der Waals surface area contributed by atoms with Gasteiger partial charge in [-0.15, -0.1) is 12.4 Å². The first-order valence-electron chi connectivity index (χ1n) is 3.41. The summed E-state index contributed by atoms with van der Waals surface area (Å²) in [4.78, 5) is 13.8. The molecule has 1 aromatic rings. The monoisotopic (exact) mass is 271 g/mol. The van der Waals surface area contributed by atoms with Crippen molar-refractivity contribution in [3.63, 3.8) is 0 Å². The first kappa shape index (κ1) is 14.2. The minimum atomic E-state index is -3.41. The van der Waals surface area contributed by atoms with Crippen LogP contribution in [0, 0.1) is 0 Å². The molecular weight excluding hydrogens is 265 g/mol. The van der Waals surface area contributed by atoms with E-state index < -0.39 is 15.8 Å². The van der Waals surface area contributed by atoms with Crippen molar-refractivity contribution in [1.29, 1.82) is 0 Å². The Labute approximate surface area is 97.4 Å². The largest absolute Gasteiger partial charge is 0.476 e. The number of aromatic nitrogens is 1. The Bertz CT molecular complexity index is 486. The number of aromatic carboxylic acids is 1. The van der Waals surface area contributed by atoms with Crippen LogP contribution in [-0.2, 0) is 9.84 Å². The lowest BCUT2D eigenvalue weighted by molar-refractivity contribution is 0.0690. The smallest absolute Gasteiger partial charge is 0.356 e. The lowest BCUT2D eigenvalue weighted by atomic mass is 10.3. The van der Waals surface area contributed by atoms with E-state index in [-0.39, 0.29) is 28.0 Å². The van der Waals surface area contributed by atoms with E-state index in [0.29, 0.717) is 0 Å². The highest BCUT2D eigenvalue weighted by atomic mass is 35.5. The topological polar surface area (TPSA) is 84.3 Å². The molecule has 0 fully saturated rings. The maximum atomic E-state index is 11.0. The lowest BCUT2D eigenvalue weighted by Crippen LogP contribution is -2.04. The number of nitrogens with zero attached hydrogens (tertiary/aromatic N) is 1. The fourth-order valence-corrected chi connectivity index (χ4v) is 1.67. The average molecular weight is 272 g/mol. The summed E-state index contributed by atoms with van der Waals surface area (Å²) in [6, 6.07) is 1.06. The summed E-state index contributed by atoms with van der Waals surface area (Å²) in [6.45, 7) is 0. The number of hydrogen-bond acceptors (Lipinski definition) is 4. The van der Waals surface area contributed by atoms with Gasteiger partial charge in [0, 0.05) is 12.5 Å². The van der Waals surface area contributed by atoms with Crippen LogP contribution in [0.4, 0.5) is 0 Å². The highest BCUT2D eigenvalue weighted by Gasteiger charge is 2.14. The van der Waals surface area contributed by atoms with Gasteiger partial charge in [0.25, 0.3) is 0 Å². The molecule has 0 aliphatic carbocycles. The van der Waals surface area contributed by atoms with Crippen LogP contribution in [-0.4, -0.2) is 30.7 Å². The van der Waals surface area contributed by atoms with Crippen molar-refractivity contribution in [2.24, 2.45) is 0 Å². The maximum Gasteiger partial charge on any atom is 0.356 e. The van der Waals surface area contributed by atoms with Gasteiger partial charge < -0.3 is 5.11 Å². The van der Waals surface area contributed by atoms with E-state index in [1.54, 1.807) is 0 Å². The van der Waals surface area contributed by atoms with E-state index >= 15 is 0 Å². The van der Waals surface area contributed by atoms with Crippen molar-refractivity contribution < 1.29 is 18.3 Å². The molecule has 0 aromatic carbocycles. The molecule has 0 bridgehead atoms. The SMILES string of the molecule is CS(=O)(=O)c1cnc(C(=O)O)c(Cl)c1.Cl. The summed E-state index contributed by atoms with van der Waals surface area (Å²) >= 11 is 5.52. The Kier molecular flexibility index (Phi) is 4.51. The molecule has 0 amide bonds. The van der Waals surface area contributed by atoms with Crippen molar-refractivity contribution in [2.75, 3.05) is 6.26 Å².